The van der Waals surface area contributed by atoms with Gasteiger partial charge in [0, 0.05) is 31.7 Å². The van der Waals surface area contributed by atoms with Gasteiger partial charge in [-0.25, -0.2) is 0 Å². The fourth-order valence-corrected chi connectivity index (χ4v) is 3.27. The Morgan fingerprint density at radius 2 is 2.33 bits per heavy atom. The lowest BCUT2D eigenvalue weighted by molar-refractivity contribution is -0.126. The van der Waals surface area contributed by atoms with Crippen LogP contribution in [0.15, 0.2) is 12.7 Å². The van der Waals surface area contributed by atoms with Gasteiger partial charge >= 0.3 is 6.01 Å². The van der Waals surface area contributed by atoms with E-state index < -0.39 is 0 Å². The second-order valence-corrected chi connectivity index (χ2v) is 5.90. The van der Waals surface area contributed by atoms with Crippen molar-refractivity contribution < 1.29 is 14.6 Å². The number of nitrogens with zero attached hydrogens (tertiary/aromatic N) is 4. The number of aromatic nitrogens is 2. The van der Waals surface area contributed by atoms with E-state index in [1.54, 1.807) is 12.0 Å². The molecule has 0 bridgehead atoms. The summed E-state index contributed by atoms with van der Waals surface area (Å²) >= 11 is 0. The molecule has 1 saturated heterocycles. The van der Waals surface area contributed by atoms with Gasteiger partial charge < -0.3 is 25.0 Å². The zero-order valence-corrected chi connectivity index (χ0v) is 13.9. The highest BCUT2D eigenvalue weighted by molar-refractivity contribution is 5.87. The van der Waals surface area contributed by atoms with Crippen LogP contribution in [0.2, 0.25) is 0 Å². The van der Waals surface area contributed by atoms with Gasteiger partial charge in [-0.3, -0.25) is 4.79 Å². The Bertz CT molecular complexity index is 636. The zero-order chi connectivity index (χ0) is 17.1. The molecule has 2 aliphatic rings. The van der Waals surface area contributed by atoms with Gasteiger partial charge in [-0.1, -0.05) is 6.58 Å². The third-order valence-electron chi connectivity index (χ3n) is 4.53. The standard InChI is InChI=1S/C16H23N5O3/c1-3-14(23)20-6-7-21(11(9-20)10-22)15-12-4-5-17-8-13(12)18-16(19-15)24-2/h3,11,17,22H,1,4-10H2,2H3. The predicted octanol–water partition coefficient (Wildman–Crippen LogP) is -0.674. The van der Waals surface area contributed by atoms with Crippen molar-refractivity contribution in [2.75, 3.05) is 44.8 Å². The Balaban J connectivity index is 1.93. The van der Waals surface area contributed by atoms with E-state index in [4.69, 9.17) is 4.74 Å². The second-order valence-electron chi connectivity index (χ2n) is 5.90. The highest BCUT2D eigenvalue weighted by atomic mass is 16.5. The summed E-state index contributed by atoms with van der Waals surface area (Å²) in [5, 5.41) is 13.1. The average molecular weight is 333 g/mol. The van der Waals surface area contributed by atoms with Crippen LogP contribution in [0, 0.1) is 0 Å². The van der Waals surface area contributed by atoms with Gasteiger partial charge in [-0.2, -0.15) is 9.97 Å². The number of ether oxygens (including phenoxy) is 1. The normalized spacial score (nSPS) is 20.5. The average Bonchev–Trinajstić information content (AvgIpc) is 2.65. The Hall–Kier alpha value is -2.19. The van der Waals surface area contributed by atoms with E-state index in [0.717, 1.165) is 30.0 Å². The number of fused-ring (bicyclic) bond motifs is 1. The van der Waals surface area contributed by atoms with E-state index in [1.807, 2.05) is 0 Å². The number of piperazine rings is 1. The van der Waals surface area contributed by atoms with E-state index >= 15 is 0 Å². The fourth-order valence-electron chi connectivity index (χ4n) is 3.27. The number of aliphatic hydroxyl groups is 1. The molecule has 2 aliphatic heterocycles. The molecule has 24 heavy (non-hydrogen) atoms. The predicted molar refractivity (Wildman–Crippen MR) is 89.0 cm³/mol. The minimum absolute atomic E-state index is 0.0553. The van der Waals surface area contributed by atoms with Gasteiger partial charge in [-0.15, -0.1) is 0 Å². The van der Waals surface area contributed by atoms with E-state index in [0.29, 0.717) is 32.2 Å². The van der Waals surface area contributed by atoms with Crippen LogP contribution in [-0.2, 0) is 17.8 Å². The van der Waals surface area contributed by atoms with Crippen molar-refractivity contribution in [2.45, 2.75) is 19.0 Å². The largest absolute Gasteiger partial charge is 0.467 e. The van der Waals surface area contributed by atoms with Crippen LogP contribution in [0.3, 0.4) is 0 Å². The Morgan fingerprint density at radius 1 is 1.50 bits per heavy atom. The smallest absolute Gasteiger partial charge is 0.318 e. The molecule has 3 rings (SSSR count). The number of nitrogens with one attached hydrogen (secondary N) is 1. The summed E-state index contributed by atoms with van der Waals surface area (Å²) in [5.74, 6) is 0.697. The Kier molecular flexibility index (Phi) is 4.96. The maximum Gasteiger partial charge on any atom is 0.318 e. The van der Waals surface area contributed by atoms with Crippen molar-refractivity contribution in [3.63, 3.8) is 0 Å². The fraction of sp³-hybridized carbons (Fsp3) is 0.562. The Labute approximate surface area is 141 Å². The van der Waals surface area contributed by atoms with Crippen molar-refractivity contribution in [3.8, 4) is 6.01 Å². The molecule has 1 amide bonds. The van der Waals surface area contributed by atoms with Crippen molar-refractivity contribution in [1.82, 2.24) is 20.2 Å². The maximum absolute atomic E-state index is 11.9. The third kappa shape index (κ3) is 3.07. The monoisotopic (exact) mass is 333 g/mol. The molecular weight excluding hydrogens is 310 g/mol. The van der Waals surface area contributed by atoms with Gasteiger partial charge in [0.2, 0.25) is 5.91 Å². The molecule has 0 radical (unpaired) electrons. The molecule has 8 heteroatoms. The van der Waals surface area contributed by atoms with Crippen molar-refractivity contribution in [1.29, 1.82) is 0 Å². The van der Waals surface area contributed by atoms with E-state index in [1.165, 1.54) is 6.08 Å². The number of rotatable bonds is 4. The highest BCUT2D eigenvalue weighted by Crippen LogP contribution is 2.28. The first-order chi connectivity index (χ1) is 11.7. The van der Waals surface area contributed by atoms with Crippen LogP contribution >= 0.6 is 0 Å². The van der Waals surface area contributed by atoms with Gasteiger partial charge in [-0.05, 0) is 19.0 Å². The van der Waals surface area contributed by atoms with Gasteiger partial charge in [0.15, 0.2) is 0 Å². The van der Waals surface area contributed by atoms with E-state index in [2.05, 4.69) is 26.8 Å². The molecule has 1 aromatic heterocycles. The minimum Gasteiger partial charge on any atom is -0.467 e. The van der Waals surface area contributed by atoms with Crippen LogP contribution in [0.1, 0.15) is 11.3 Å². The van der Waals surface area contributed by atoms with Crippen LogP contribution in [0.25, 0.3) is 0 Å². The van der Waals surface area contributed by atoms with Crippen molar-refractivity contribution >= 4 is 11.7 Å². The number of methoxy groups -OCH3 is 1. The summed E-state index contributed by atoms with van der Waals surface area (Å²) in [4.78, 5) is 24.6. The summed E-state index contributed by atoms with van der Waals surface area (Å²) < 4.78 is 5.24. The molecule has 8 nitrogen and oxygen atoms in total. The quantitative estimate of drug-likeness (QED) is 0.706. The summed E-state index contributed by atoms with van der Waals surface area (Å²) in [5.41, 5.74) is 2.03. The molecule has 1 fully saturated rings. The molecule has 1 atom stereocenters. The molecule has 0 aliphatic carbocycles. The minimum atomic E-state index is -0.207. The topological polar surface area (TPSA) is 90.8 Å². The molecule has 2 N–H and O–H groups in total. The number of carbonyl (C=O) groups is 1. The molecule has 1 unspecified atom stereocenters. The molecule has 3 heterocycles. The van der Waals surface area contributed by atoms with Crippen LogP contribution in [-0.4, -0.2) is 71.8 Å². The summed E-state index contributed by atoms with van der Waals surface area (Å²) in [7, 11) is 1.55. The number of amides is 1. The first kappa shape index (κ1) is 16.7. The molecule has 0 aromatic carbocycles. The van der Waals surface area contributed by atoms with Crippen molar-refractivity contribution in [2.24, 2.45) is 0 Å². The Morgan fingerprint density at radius 3 is 3.04 bits per heavy atom. The first-order valence-electron chi connectivity index (χ1n) is 8.11. The highest BCUT2D eigenvalue weighted by Gasteiger charge is 2.32. The van der Waals surface area contributed by atoms with Gasteiger partial charge in [0.25, 0.3) is 0 Å². The van der Waals surface area contributed by atoms with Crippen molar-refractivity contribution in [3.05, 3.63) is 23.9 Å². The number of carbonyl (C=O) groups excluding carboxylic acids is 1. The molecule has 1 aromatic rings. The summed E-state index contributed by atoms with van der Waals surface area (Å²) in [6.45, 7) is 6.64. The number of hydrogen-bond donors (Lipinski definition) is 2. The summed E-state index contributed by atoms with van der Waals surface area (Å²) in [6, 6.07) is 0.120. The van der Waals surface area contributed by atoms with Gasteiger partial charge in [0.1, 0.15) is 5.82 Å². The van der Waals surface area contributed by atoms with Crippen LogP contribution in [0.5, 0.6) is 6.01 Å². The van der Waals surface area contributed by atoms with Gasteiger partial charge in [0.05, 0.1) is 25.5 Å². The van der Waals surface area contributed by atoms with E-state index in [9.17, 15) is 9.90 Å². The van der Waals surface area contributed by atoms with E-state index in [-0.39, 0.29) is 18.6 Å². The lowest BCUT2D eigenvalue weighted by Gasteiger charge is -2.42. The lowest BCUT2D eigenvalue weighted by Crippen LogP contribution is -2.56. The first-order valence-corrected chi connectivity index (χ1v) is 8.11. The molecule has 0 spiro atoms. The van der Waals surface area contributed by atoms with Crippen LogP contribution < -0.4 is 15.0 Å². The number of hydrogen-bond acceptors (Lipinski definition) is 7. The van der Waals surface area contributed by atoms with Crippen LogP contribution in [0.4, 0.5) is 5.82 Å². The molecule has 0 saturated carbocycles. The zero-order valence-electron chi connectivity index (χ0n) is 13.9. The third-order valence-corrected chi connectivity index (χ3v) is 4.53. The molecular formula is C16H23N5O3. The summed E-state index contributed by atoms with van der Waals surface area (Å²) in [6.07, 6.45) is 2.14. The molecule has 130 valence electrons. The SMILES string of the molecule is C=CC(=O)N1CCN(c2nc(OC)nc3c2CCNC3)C(CO)C1. The number of anilines is 1. The number of aliphatic hydroxyl groups excluding tert-OH is 1. The lowest BCUT2D eigenvalue weighted by atomic mass is 10.0. The second kappa shape index (κ2) is 7.14. The maximum atomic E-state index is 11.9.